The molecule has 32 heavy (non-hydrogen) atoms. The van der Waals surface area contributed by atoms with Gasteiger partial charge in [-0.1, -0.05) is 48.4 Å². The first-order valence-electron chi connectivity index (χ1n) is 11.1. The summed E-state index contributed by atoms with van der Waals surface area (Å²) in [6.07, 6.45) is 9.90. The predicted octanol–water partition coefficient (Wildman–Crippen LogP) is 4.75. The van der Waals surface area contributed by atoms with Gasteiger partial charge in [-0.15, -0.1) is 6.42 Å². The molecule has 1 saturated heterocycles. The highest BCUT2D eigenvalue weighted by molar-refractivity contribution is 5.89. The van der Waals surface area contributed by atoms with E-state index >= 15 is 0 Å². The lowest BCUT2D eigenvalue weighted by molar-refractivity contribution is 0.131. The monoisotopic (exact) mass is 427 g/mol. The Kier molecular flexibility index (Phi) is 7.03. The summed E-state index contributed by atoms with van der Waals surface area (Å²) in [5.41, 5.74) is 3.16. The zero-order valence-electron chi connectivity index (χ0n) is 18.5. The maximum absolute atomic E-state index is 12.9. The summed E-state index contributed by atoms with van der Waals surface area (Å²) in [6.45, 7) is 2.71. The van der Waals surface area contributed by atoms with Crippen LogP contribution in [0.25, 0.3) is 10.9 Å². The predicted molar refractivity (Wildman–Crippen MR) is 127 cm³/mol. The van der Waals surface area contributed by atoms with Crippen LogP contribution in [0.4, 0.5) is 4.79 Å². The number of nitrogens with zero attached hydrogens (tertiary/aromatic N) is 3. The van der Waals surface area contributed by atoms with Crippen LogP contribution in [0.3, 0.4) is 0 Å². The number of ether oxygens (including phenoxy) is 1. The van der Waals surface area contributed by atoms with Crippen LogP contribution in [-0.4, -0.2) is 47.6 Å². The van der Waals surface area contributed by atoms with Crippen molar-refractivity contribution >= 4 is 17.0 Å². The van der Waals surface area contributed by atoms with Crippen molar-refractivity contribution < 1.29 is 9.53 Å². The number of piperidine rings is 1. The van der Waals surface area contributed by atoms with Crippen LogP contribution in [0.2, 0.25) is 0 Å². The Hall–Kier alpha value is -3.36. The van der Waals surface area contributed by atoms with Crippen molar-refractivity contribution in [3.8, 4) is 18.1 Å². The third kappa shape index (κ3) is 5.27. The minimum absolute atomic E-state index is 0.299. The van der Waals surface area contributed by atoms with Gasteiger partial charge in [0.1, 0.15) is 5.52 Å². The minimum atomic E-state index is -0.299. The van der Waals surface area contributed by atoms with E-state index in [4.69, 9.17) is 11.2 Å². The average Bonchev–Trinajstić information content (AvgIpc) is 2.82. The number of terminal acetylenes is 1. The number of likely N-dealkylation sites (tertiary alicyclic amines) is 1. The van der Waals surface area contributed by atoms with E-state index < -0.39 is 0 Å². The van der Waals surface area contributed by atoms with Crippen molar-refractivity contribution in [2.75, 3.05) is 26.7 Å². The van der Waals surface area contributed by atoms with Crippen molar-refractivity contribution in [3.05, 3.63) is 71.9 Å². The fraction of sp³-hybridized carbons (Fsp3) is 0.333. The zero-order chi connectivity index (χ0) is 22.3. The summed E-state index contributed by atoms with van der Waals surface area (Å²) in [7, 11) is 1.98. The number of hydrogen-bond donors (Lipinski definition) is 0. The fourth-order valence-electron chi connectivity index (χ4n) is 4.35. The standard InChI is InChI=1S/C27H29N3O2/c1-3-16-29(2)20-23-11-12-25(26-24(23)10-7-15-28-26)32-27(31)30-17-13-22(14-18-30)19-21-8-5-4-6-9-21/h1,4-12,15,22H,13-14,16-20H2,2H3. The third-order valence-electron chi connectivity index (χ3n) is 6.06. The van der Waals surface area contributed by atoms with E-state index in [-0.39, 0.29) is 6.09 Å². The third-order valence-corrected chi connectivity index (χ3v) is 6.06. The molecule has 4 rings (SSSR count). The Bertz CT molecular complexity index is 1100. The average molecular weight is 428 g/mol. The second-order valence-electron chi connectivity index (χ2n) is 8.49. The van der Waals surface area contributed by atoms with E-state index in [0.29, 0.717) is 30.3 Å². The molecule has 0 atom stereocenters. The first-order chi connectivity index (χ1) is 15.6. The molecule has 1 aromatic heterocycles. The quantitative estimate of drug-likeness (QED) is 0.533. The van der Waals surface area contributed by atoms with Crippen LogP contribution in [-0.2, 0) is 13.0 Å². The Morgan fingerprint density at radius 2 is 1.94 bits per heavy atom. The second kappa shape index (κ2) is 10.3. The van der Waals surface area contributed by atoms with Crippen molar-refractivity contribution in [2.45, 2.75) is 25.8 Å². The van der Waals surface area contributed by atoms with Gasteiger partial charge in [0, 0.05) is 31.2 Å². The van der Waals surface area contributed by atoms with E-state index in [0.717, 1.165) is 43.3 Å². The Labute approximate surface area is 190 Å². The summed E-state index contributed by atoms with van der Waals surface area (Å²) in [4.78, 5) is 21.2. The Morgan fingerprint density at radius 3 is 2.69 bits per heavy atom. The van der Waals surface area contributed by atoms with Crippen LogP contribution >= 0.6 is 0 Å². The first-order valence-corrected chi connectivity index (χ1v) is 11.1. The second-order valence-corrected chi connectivity index (χ2v) is 8.49. The number of aromatic nitrogens is 1. The molecule has 5 nitrogen and oxygen atoms in total. The summed E-state index contributed by atoms with van der Waals surface area (Å²) in [5.74, 6) is 3.76. The molecule has 0 radical (unpaired) electrons. The number of carbonyl (C=O) groups is 1. The molecule has 1 aliphatic rings. The van der Waals surface area contributed by atoms with Gasteiger partial charge < -0.3 is 9.64 Å². The summed E-state index contributed by atoms with van der Waals surface area (Å²) >= 11 is 0. The van der Waals surface area contributed by atoms with E-state index in [9.17, 15) is 4.79 Å². The Balaban J connectivity index is 1.40. The topological polar surface area (TPSA) is 45.7 Å². The molecule has 0 aliphatic carbocycles. The summed E-state index contributed by atoms with van der Waals surface area (Å²) < 4.78 is 5.81. The van der Waals surface area contributed by atoms with Gasteiger partial charge in [0.15, 0.2) is 5.75 Å². The van der Waals surface area contributed by atoms with Crippen molar-refractivity contribution in [1.29, 1.82) is 0 Å². The molecule has 0 spiro atoms. The van der Waals surface area contributed by atoms with Gasteiger partial charge in [-0.3, -0.25) is 9.88 Å². The van der Waals surface area contributed by atoms with Crippen LogP contribution < -0.4 is 4.74 Å². The zero-order valence-corrected chi connectivity index (χ0v) is 18.5. The summed E-state index contributed by atoms with van der Waals surface area (Å²) in [6, 6.07) is 18.3. The van der Waals surface area contributed by atoms with Gasteiger partial charge in [0.05, 0.1) is 6.54 Å². The van der Waals surface area contributed by atoms with E-state index in [2.05, 4.69) is 40.1 Å². The van der Waals surface area contributed by atoms with Crippen molar-refractivity contribution in [1.82, 2.24) is 14.8 Å². The van der Waals surface area contributed by atoms with E-state index in [1.807, 2.05) is 42.3 Å². The number of benzene rings is 2. The molecule has 1 amide bonds. The largest absolute Gasteiger partial charge is 0.415 e. The maximum atomic E-state index is 12.9. The molecule has 0 bridgehead atoms. The number of amides is 1. The highest BCUT2D eigenvalue weighted by atomic mass is 16.6. The van der Waals surface area contributed by atoms with Gasteiger partial charge in [-0.05, 0) is 55.5 Å². The molecule has 1 fully saturated rings. The number of carbonyl (C=O) groups excluding carboxylic acids is 1. The van der Waals surface area contributed by atoms with Crippen LogP contribution in [0.1, 0.15) is 24.0 Å². The number of hydrogen-bond acceptors (Lipinski definition) is 4. The molecule has 0 unspecified atom stereocenters. The van der Waals surface area contributed by atoms with Crippen LogP contribution in [0.15, 0.2) is 60.8 Å². The maximum Gasteiger partial charge on any atom is 0.415 e. The smallest absolute Gasteiger partial charge is 0.408 e. The molecule has 5 heteroatoms. The van der Waals surface area contributed by atoms with Gasteiger partial charge >= 0.3 is 6.09 Å². The lowest BCUT2D eigenvalue weighted by Gasteiger charge is -2.31. The molecule has 2 aromatic carbocycles. The SMILES string of the molecule is C#CCN(C)Cc1ccc(OC(=O)N2CCC(Cc3ccccc3)CC2)c2ncccc12. The molecule has 164 valence electrons. The lowest BCUT2D eigenvalue weighted by Crippen LogP contribution is -2.40. The number of rotatable bonds is 6. The highest BCUT2D eigenvalue weighted by Gasteiger charge is 2.25. The van der Waals surface area contributed by atoms with Crippen LogP contribution in [0.5, 0.6) is 5.75 Å². The van der Waals surface area contributed by atoms with Gasteiger partial charge in [0.25, 0.3) is 0 Å². The van der Waals surface area contributed by atoms with E-state index in [1.165, 1.54) is 5.56 Å². The minimum Gasteiger partial charge on any atom is -0.408 e. The first kappa shape index (κ1) is 21.9. The fourth-order valence-corrected chi connectivity index (χ4v) is 4.35. The van der Waals surface area contributed by atoms with E-state index in [1.54, 1.807) is 6.20 Å². The molecular weight excluding hydrogens is 398 g/mol. The number of fused-ring (bicyclic) bond motifs is 1. The van der Waals surface area contributed by atoms with Gasteiger partial charge in [0.2, 0.25) is 0 Å². The van der Waals surface area contributed by atoms with Crippen molar-refractivity contribution in [3.63, 3.8) is 0 Å². The molecule has 3 aromatic rings. The van der Waals surface area contributed by atoms with Gasteiger partial charge in [-0.2, -0.15) is 0 Å². The molecular formula is C27H29N3O2. The van der Waals surface area contributed by atoms with Gasteiger partial charge in [-0.25, -0.2) is 4.79 Å². The lowest BCUT2D eigenvalue weighted by atomic mass is 9.90. The Morgan fingerprint density at radius 1 is 1.16 bits per heavy atom. The van der Waals surface area contributed by atoms with Crippen molar-refractivity contribution in [2.24, 2.45) is 5.92 Å². The molecule has 2 heterocycles. The summed E-state index contributed by atoms with van der Waals surface area (Å²) in [5, 5.41) is 0.975. The molecule has 1 aliphatic heterocycles. The normalized spacial score (nSPS) is 14.5. The number of pyridine rings is 1. The highest BCUT2D eigenvalue weighted by Crippen LogP contribution is 2.29. The molecule has 0 saturated carbocycles. The van der Waals surface area contributed by atoms with Crippen LogP contribution in [0, 0.1) is 18.3 Å². The molecule has 0 N–H and O–H groups in total.